The van der Waals surface area contributed by atoms with E-state index in [9.17, 15) is 0 Å². The molecule has 0 aromatic heterocycles. The van der Waals surface area contributed by atoms with Crippen molar-refractivity contribution in [1.82, 2.24) is 4.90 Å². The number of carbonyl (C=O) groups is 2. The molecule has 162 valence electrons. The van der Waals surface area contributed by atoms with Crippen LogP contribution in [0.25, 0.3) is 6.08 Å². The zero-order valence-electron chi connectivity index (χ0n) is 17.1. The van der Waals surface area contributed by atoms with Crippen LogP contribution < -0.4 is 9.47 Å². The summed E-state index contributed by atoms with van der Waals surface area (Å²) in [7, 11) is 3.29. The molecular formula is C21H31NO7. The number of piperidine rings is 1. The van der Waals surface area contributed by atoms with Crippen molar-refractivity contribution >= 4 is 18.0 Å². The fourth-order valence-corrected chi connectivity index (χ4v) is 2.87. The third kappa shape index (κ3) is 10.5. The fraction of sp³-hybridized carbons (Fsp3) is 0.524. The Morgan fingerprint density at radius 2 is 1.69 bits per heavy atom. The summed E-state index contributed by atoms with van der Waals surface area (Å²) in [6.07, 6.45) is 9.32. The molecule has 0 bridgehead atoms. The van der Waals surface area contributed by atoms with Gasteiger partial charge in [0.1, 0.15) is 0 Å². The lowest BCUT2D eigenvalue weighted by atomic mass is 10.1. The molecule has 1 aromatic rings. The molecule has 0 saturated carbocycles. The predicted molar refractivity (Wildman–Crippen MR) is 110 cm³/mol. The van der Waals surface area contributed by atoms with Gasteiger partial charge in [-0.2, -0.15) is 0 Å². The highest BCUT2D eigenvalue weighted by atomic mass is 16.5. The van der Waals surface area contributed by atoms with Gasteiger partial charge in [-0.05, 0) is 50.0 Å². The standard InChI is InChI=1S/C19H29NO3.C2H2O4/c1-21-18-10-9-17(16-19(18)22-2)8-6-14-23-15-7-13-20-11-4-3-5-12-20;3-1(4)2(5)6/h6,8-10,16H,3-5,7,11-15H2,1-2H3;(H,3,4)(H,5,6)/b8-6+;. The molecule has 0 aliphatic carbocycles. The highest BCUT2D eigenvalue weighted by molar-refractivity contribution is 6.27. The van der Waals surface area contributed by atoms with E-state index in [0.717, 1.165) is 30.1 Å². The number of aliphatic carboxylic acids is 2. The summed E-state index contributed by atoms with van der Waals surface area (Å²) in [4.78, 5) is 20.7. The summed E-state index contributed by atoms with van der Waals surface area (Å²) < 4.78 is 16.2. The number of rotatable bonds is 9. The van der Waals surface area contributed by atoms with Gasteiger partial charge < -0.3 is 29.3 Å². The maximum absolute atomic E-state index is 9.10. The smallest absolute Gasteiger partial charge is 0.414 e. The van der Waals surface area contributed by atoms with Gasteiger partial charge in [0.2, 0.25) is 0 Å². The molecule has 2 rings (SSSR count). The molecule has 0 unspecified atom stereocenters. The zero-order valence-corrected chi connectivity index (χ0v) is 17.1. The highest BCUT2D eigenvalue weighted by Gasteiger charge is 2.08. The third-order valence-electron chi connectivity index (χ3n) is 4.33. The number of methoxy groups -OCH3 is 2. The van der Waals surface area contributed by atoms with Crippen LogP contribution in [0.5, 0.6) is 11.5 Å². The summed E-state index contributed by atoms with van der Waals surface area (Å²) in [5.74, 6) is -2.15. The average Bonchev–Trinajstić information content (AvgIpc) is 2.74. The highest BCUT2D eigenvalue weighted by Crippen LogP contribution is 2.27. The first-order chi connectivity index (χ1) is 14.0. The molecular weight excluding hydrogens is 378 g/mol. The molecule has 1 aliphatic heterocycles. The van der Waals surface area contributed by atoms with E-state index in [2.05, 4.69) is 4.90 Å². The molecule has 1 saturated heterocycles. The van der Waals surface area contributed by atoms with E-state index in [1.54, 1.807) is 14.2 Å². The van der Waals surface area contributed by atoms with Crippen molar-refractivity contribution in [3.05, 3.63) is 29.8 Å². The number of benzene rings is 1. The third-order valence-corrected chi connectivity index (χ3v) is 4.33. The van der Waals surface area contributed by atoms with Gasteiger partial charge in [-0.3, -0.25) is 0 Å². The van der Waals surface area contributed by atoms with Crippen LogP contribution in [-0.4, -0.2) is 74.1 Å². The molecule has 1 aliphatic rings. The number of hydrogen-bond acceptors (Lipinski definition) is 6. The first-order valence-electron chi connectivity index (χ1n) is 9.62. The minimum Gasteiger partial charge on any atom is -0.493 e. The molecule has 0 atom stereocenters. The van der Waals surface area contributed by atoms with Crippen molar-refractivity contribution in [2.75, 3.05) is 47.1 Å². The van der Waals surface area contributed by atoms with Crippen molar-refractivity contribution in [2.24, 2.45) is 0 Å². The summed E-state index contributed by atoms with van der Waals surface area (Å²) >= 11 is 0. The summed E-state index contributed by atoms with van der Waals surface area (Å²) in [6, 6.07) is 5.89. The second-order valence-corrected chi connectivity index (χ2v) is 6.46. The Morgan fingerprint density at radius 3 is 2.28 bits per heavy atom. The minimum absolute atomic E-state index is 0.647. The lowest BCUT2D eigenvalue weighted by molar-refractivity contribution is -0.159. The van der Waals surface area contributed by atoms with Gasteiger partial charge in [-0.1, -0.05) is 24.6 Å². The molecule has 2 N–H and O–H groups in total. The monoisotopic (exact) mass is 409 g/mol. The minimum atomic E-state index is -1.82. The van der Waals surface area contributed by atoms with Crippen LogP contribution in [0, 0.1) is 0 Å². The topological polar surface area (TPSA) is 106 Å². The second kappa shape index (κ2) is 14.4. The Labute approximate surface area is 171 Å². The van der Waals surface area contributed by atoms with Crippen LogP contribution in [0.15, 0.2) is 24.3 Å². The molecule has 1 heterocycles. The van der Waals surface area contributed by atoms with E-state index in [1.807, 2.05) is 30.4 Å². The summed E-state index contributed by atoms with van der Waals surface area (Å²) in [5, 5.41) is 14.8. The van der Waals surface area contributed by atoms with Crippen molar-refractivity contribution in [3.8, 4) is 11.5 Å². The molecule has 29 heavy (non-hydrogen) atoms. The van der Waals surface area contributed by atoms with Gasteiger partial charge in [0.25, 0.3) is 0 Å². The Hall–Kier alpha value is -2.58. The molecule has 1 aromatic carbocycles. The molecule has 0 radical (unpaired) electrons. The summed E-state index contributed by atoms with van der Waals surface area (Å²) in [5.41, 5.74) is 1.08. The number of carboxylic acids is 2. The maximum atomic E-state index is 9.10. The average molecular weight is 409 g/mol. The van der Waals surface area contributed by atoms with E-state index >= 15 is 0 Å². The Bertz CT molecular complexity index is 642. The van der Waals surface area contributed by atoms with Gasteiger partial charge in [-0.25, -0.2) is 9.59 Å². The number of carboxylic acid groups (broad SMARTS) is 2. The molecule has 0 spiro atoms. The van der Waals surface area contributed by atoms with Gasteiger partial charge in [0.05, 0.1) is 20.8 Å². The lowest BCUT2D eigenvalue weighted by Crippen LogP contribution is -2.31. The van der Waals surface area contributed by atoms with Crippen LogP contribution in [0.3, 0.4) is 0 Å². The Kier molecular flexibility index (Phi) is 12.2. The van der Waals surface area contributed by atoms with Gasteiger partial charge in [0, 0.05) is 13.2 Å². The van der Waals surface area contributed by atoms with Crippen molar-refractivity contribution in [2.45, 2.75) is 25.7 Å². The van der Waals surface area contributed by atoms with Crippen LogP contribution in [0.2, 0.25) is 0 Å². The van der Waals surface area contributed by atoms with E-state index in [-0.39, 0.29) is 0 Å². The van der Waals surface area contributed by atoms with E-state index < -0.39 is 11.9 Å². The van der Waals surface area contributed by atoms with Crippen molar-refractivity contribution < 1.29 is 34.0 Å². The van der Waals surface area contributed by atoms with Crippen LogP contribution in [0.4, 0.5) is 0 Å². The van der Waals surface area contributed by atoms with Gasteiger partial charge in [0.15, 0.2) is 11.5 Å². The van der Waals surface area contributed by atoms with E-state index in [1.165, 1.54) is 38.9 Å². The largest absolute Gasteiger partial charge is 0.493 e. The number of ether oxygens (including phenoxy) is 3. The van der Waals surface area contributed by atoms with Crippen LogP contribution in [0.1, 0.15) is 31.2 Å². The zero-order chi connectivity index (χ0) is 21.5. The van der Waals surface area contributed by atoms with Crippen LogP contribution in [-0.2, 0) is 14.3 Å². The molecule has 8 heteroatoms. The second-order valence-electron chi connectivity index (χ2n) is 6.46. The fourth-order valence-electron chi connectivity index (χ4n) is 2.87. The first-order valence-corrected chi connectivity index (χ1v) is 9.62. The normalized spacial score (nSPS) is 14.1. The Balaban J connectivity index is 0.000000612. The number of hydrogen-bond donors (Lipinski definition) is 2. The van der Waals surface area contributed by atoms with Gasteiger partial charge >= 0.3 is 11.9 Å². The lowest BCUT2D eigenvalue weighted by Gasteiger charge is -2.26. The SMILES string of the molecule is COc1ccc(/C=C/COCCCN2CCCCC2)cc1OC.O=C(O)C(=O)O. The number of likely N-dealkylation sites (tertiary alicyclic amines) is 1. The molecule has 1 fully saturated rings. The van der Waals surface area contributed by atoms with E-state index in [0.29, 0.717) is 6.61 Å². The number of nitrogens with zero attached hydrogens (tertiary/aromatic N) is 1. The molecule has 8 nitrogen and oxygen atoms in total. The Morgan fingerprint density at radius 1 is 1.03 bits per heavy atom. The van der Waals surface area contributed by atoms with Crippen LogP contribution >= 0.6 is 0 Å². The molecule has 0 amide bonds. The predicted octanol–water partition coefficient (Wildman–Crippen LogP) is 2.77. The van der Waals surface area contributed by atoms with Crippen molar-refractivity contribution in [3.63, 3.8) is 0 Å². The maximum Gasteiger partial charge on any atom is 0.414 e. The van der Waals surface area contributed by atoms with Crippen molar-refractivity contribution in [1.29, 1.82) is 0 Å². The quantitative estimate of drug-likeness (QED) is 0.474. The summed E-state index contributed by atoms with van der Waals surface area (Å²) in [6.45, 7) is 5.17. The van der Waals surface area contributed by atoms with E-state index in [4.69, 9.17) is 34.0 Å². The first kappa shape index (κ1) is 24.5. The van der Waals surface area contributed by atoms with Gasteiger partial charge in [-0.15, -0.1) is 0 Å².